The predicted octanol–water partition coefficient (Wildman–Crippen LogP) is 7.17. The second-order valence-electron chi connectivity index (χ2n) is 9.78. The van der Waals surface area contributed by atoms with Gasteiger partial charge in [-0.15, -0.1) is 23.5 Å². The molecule has 2 unspecified atom stereocenters. The molecule has 4 rings (SSSR count). The second-order valence-corrected chi connectivity index (χ2v) is 14.5. The summed E-state index contributed by atoms with van der Waals surface area (Å²) in [7, 11) is 0. The van der Waals surface area contributed by atoms with Gasteiger partial charge in [0.15, 0.2) is 5.76 Å². The fraction of sp³-hybridized carbons (Fsp3) is 0.792. The van der Waals surface area contributed by atoms with Crippen LogP contribution in [0.1, 0.15) is 66.2 Å². The first-order valence-electron chi connectivity index (χ1n) is 11.4. The Balaban J connectivity index is 1.69. The van der Waals surface area contributed by atoms with E-state index in [-0.39, 0.29) is 27.0 Å². The number of halogens is 1. The first kappa shape index (κ1) is 23.1. The summed E-state index contributed by atoms with van der Waals surface area (Å²) >= 11 is 6.22. The third kappa shape index (κ3) is 3.09. The van der Waals surface area contributed by atoms with Gasteiger partial charge < -0.3 is 5.11 Å². The van der Waals surface area contributed by atoms with Gasteiger partial charge in [-0.3, -0.25) is 4.79 Å². The van der Waals surface area contributed by atoms with Gasteiger partial charge in [0.2, 0.25) is 5.78 Å². The van der Waals surface area contributed by atoms with Crippen LogP contribution in [0.4, 0.5) is 4.39 Å². The molecule has 0 bridgehead atoms. The lowest BCUT2D eigenvalue weighted by Crippen LogP contribution is -2.61. The lowest BCUT2D eigenvalue weighted by Gasteiger charge is -2.61. The third-order valence-electron chi connectivity index (χ3n) is 8.75. The number of rotatable bonds is 6. The molecule has 4 aliphatic rings. The van der Waals surface area contributed by atoms with E-state index in [1.54, 1.807) is 6.08 Å². The van der Waals surface area contributed by atoms with Crippen LogP contribution in [0.5, 0.6) is 0 Å². The molecule has 1 N–H and O–H groups in total. The van der Waals surface area contributed by atoms with Crippen LogP contribution in [0.25, 0.3) is 0 Å². The number of ketones is 1. The lowest BCUT2D eigenvalue weighted by atomic mass is 9.47. The second kappa shape index (κ2) is 8.06. The van der Waals surface area contributed by atoms with Gasteiger partial charge in [-0.1, -0.05) is 26.3 Å². The van der Waals surface area contributed by atoms with Crippen molar-refractivity contribution in [2.45, 2.75) is 76.0 Å². The van der Waals surface area contributed by atoms with E-state index in [9.17, 15) is 9.90 Å². The number of allylic oxidation sites excluding steroid dienone is 3. The maximum absolute atomic E-state index is 17.1. The minimum absolute atomic E-state index is 0.00517. The fourth-order valence-electron chi connectivity index (χ4n) is 7.09. The van der Waals surface area contributed by atoms with Crippen molar-refractivity contribution >= 4 is 41.1 Å². The largest absolute Gasteiger partial charge is 0.504 e. The quantitative estimate of drug-likeness (QED) is 0.329. The van der Waals surface area contributed by atoms with E-state index in [0.29, 0.717) is 12.3 Å². The van der Waals surface area contributed by atoms with Gasteiger partial charge in [0, 0.05) is 10.5 Å². The molecule has 0 saturated heterocycles. The van der Waals surface area contributed by atoms with Gasteiger partial charge in [0.1, 0.15) is 5.67 Å². The molecule has 3 fully saturated rings. The molecule has 0 aliphatic heterocycles. The summed E-state index contributed by atoms with van der Waals surface area (Å²) in [6, 6.07) is 0. The average molecular weight is 471 g/mol. The molecule has 6 atom stereocenters. The minimum atomic E-state index is -1.38. The summed E-state index contributed by atoms with van der Waals surface area (Å²) in [6.07, 6.45) is 8.31. The highest BCUT2D eigenvalue weighted by molar-refractivity contribution is 8.24. The molecule has 0 heterocycles. The Morgan fingerprint density at radius 2 is 1.87 bits per heavy atom. The monoisotopic (exact) mass is 470 g/mol. The van der Waals surface area contributed by atoms with Crippen molar-refractivity contribution in [2.24, 2.45) is 22.7 Å². The van der Waals surface area contributed by atoms with Crippen LogP contribution in [0.15, 0.2) is 23.5 Å². The van der Waals surface area contributed by atoms with Gasteiger partial charge in [0.25, 0.3) is 0 Å². The molecular weight excluding hydrogens is 435 g/mol. The Hall–Kier alpha value is -0.0700. The van der Waals surface area contributed by atoms with Crippen molar-refractivity contribution in [3.63, 3.8) is 0 Å². The van der Waals surface area contributed by atoms with Crippen LogP contribution in [-0.4, -0.2) is 37.2 Å². The van der Waals surface area contributed by atoms with Gasteiger partial charge in [-0.25, -0.2) is 4.39 Å². The summed E-state index contributed by atoms with van der Waals surface area (Å²) in [5.41, 5.74) is -1.23. The van der Waals surface area contributed by atoms with Crippen LogP contribution < -0.4 is 0 Å². The van der Waals surface area contributed by atoms with Gasteiger partial charge in [-0.05, 0) is 86.4 Å². The SMILES string of the molecule is CCSCSC1(SCC)CC[C@H]2[C@@H]3CCC4=CC(=O)C(O)=C[C@]4(C)C3(F)CC[C@@]21C. The summed E-state index contributed by atoms with van der Waals surface area (Å²) in [5.74, 6) is 1.95. The lowest BCUT2D eigenvalue weighted by molar-refractivity contribution is -0.123. The van der Waals surface area contributed by atoms with Crippen LogP contribution >= 0.6 is 35.3 Å². The minimum Gasteiger partial charge on any atom is -0.504 e. The van der Waals surface area contributed by atoms with E-state index in [1.807, 2.05) is 18.7 Å². The number of hydrogen-bond donors (Lipinski definition) is 1. The molecule has 0 radical (unpaired) electrons. The Morgan fingerprint density at radius 3 is 2.57 bits per heavy atom. The van der Waals surface area contributed by atoms with Crippen molar-refractivity contribution in [3.8, 4) is 0 Å². The average Bonchev–Trinajstić information content (AvgIpc) is 2.98. The molecule has 0 spiro atoms. The van der Waals surface area contributed by atoms with E-state index in [1.165, 1.54) is 6.08 Å². The Morgan fingerprint density at radius 1 is 1.10 bits per heavy atom. The number of fused-ring (bicyclic) bond motifs is 5. The van der Waals surface area contributed by atoms with Crippen molar-refractivity contribution in [1.29, 1.82) is 0 Å². The summed E-state index contributed by atoms with van der Waals surface area (Å²) < 4.78 is 17.2. The zero-order valence-corrected chi connectivity index (χ0v) is 21.1. The van der Waals surface area contributed by atoms with Crippen molar-refractivity contribution in [3.05, 3.63) is 23.5 Å². The van der Waals surface area contributed by atoms with E-state index >= 15 is 4.39 Å². The number of aliphatic hydroxyl groups is 1. The summed E-state index contributed by atoms with van der Waals surface area (Å²) in [6.45, 7) is 8.84. The summed E-state index contributed by atoms with van der Waals surface area (Å²) in [5, 5.41) is 11.3. The fourth-order valence-corrected chi connectivity index (χ4v) is 12.1. The van der Waals surface area contributed by atoms with E-state index in [4.69, 9.17) is 0 Å². The number of thioether (sulfide) groups is 3. The summed E-state index contributed by atoms with van der Waals surface area (Å²) in [4.78, 5) is 12.0. The molecule has 0 amide bonds. The van der Waals surface area contributed by atoms with Gasteiger partial charge in [-0.2, -0.15) is 11.8 Å². The molecule has 0 aromatic heterocycles. The number of carbonyl (C=O) groups is 1. The molecule has 30 heavy (non-hydrogen) atoms. The first-order chi connectivity index (χ1) is 14.2. The molecule has 168 valence electrons. The van der Waals surface area contributed by atoms with Crippen LogP contribution in [0.2, 0.25) is 0 Å². The molecular formula is C24H35FO2S3. The number of aliphatic hydroxyl groups excluding tert-OH is 1. The molecule has 6 heteroatoms. The van der Waals surface area contributed by atoms with Crippen LogP contribution in [-0.2, 0) is 4.79 Å². The predicted molar refractivity (Wildman–Crippen MR) is 130 cm³/mol. The molecule has 0 aromatic carbocycles. The zero-order valence-electron chi connectivity index (χ0n) is 18.6. The molecule has 4 aliphatic carbocycles. The maximum atomic E-state index is 17.1. The molecule has 3 saturated carbocycles. The third-order valence-corrected chi connectivity index (χ3v) is 13.6. The Labute approximate surface area is 193 Å². The smallest absolute Gasteiger partial charge is 0.219 e. The number of carbonyl (C=O) groups excluding carboxylic acids is 1. The number of hydrogen-bond acceptors (Lipinski definition) is 5. The highest BCUT2D eigenvalue weighted by atomic mass is 32.2. The highest BCUT2D eigenvalue weighted by Crippen LogP contribution is 2.74. The Kier molecular flexibility index (Phi) is 6.20. The first-order valence-corrected chi connectivity index (χ1v) is 14.5. The normalized spacial score (nSPS) is 45.3. The van der Waals surface area contributed by atoms with Crippen LogP contribution in [0, 0.1) is 22.7 Å². The maximum Gasteiger partial charge on any atom is 0.219 e. The van der Waals surface area contributed by atoms with Crippen molar-refractivity contribution in [2.75, 3.05) is 16.6 Å². The van der Waals surface area contributed by atoms with Crippen molar-refractivity contribution < 1.29 is 14.3 Å². The Bertz CT molecular complexity index is 782. The van der Waals surface area contributed by atoms with E-state index in [0.717, 1.165) is 54.3 Å². The van der Waals surface area contributed by atoms with E-state index in [2.05, 4.69) is 44.3 Å². The zero-order chi connectivity index (χ0) is 21.8. The van der Waals surface area contributed by atoms with Crippen LogP contribution in [0.3, 0.4) is 0 Å². The highest BCUT2D eigenvalue weighted by Gasteiger charge is 2.70. The van der Waals surface area contributed by atoms with Gasteiger partial charge in [0.05, 0.1) is 4.08 Å². The van der Waals surface area contributed by atoms with E-state index < -0.39 is 11.1 Å². The topological polar surface area (TPSA) is 37.3 Å². The van der Waals surface area contributed by atoms with Crippen molar-refractivity contribution in [1.82, 2.24) is 0 Å². The number of alkyl halides is 1. The van der Waals surface area contributed by atoms with Gasteiger partial charge >= 0.3 is 0 Å². The standard InChI is InChI=1S/C24H35FO2S3/c1-5-28-15-30-24(29-6-2)10-9-17-18-8-7-16-13-19(26)20(27)14-22(16,4)23(18,25)12-11-21(17,24)3/h13-14,17-18,27H,5-12,15H2,1-4H3/t17-,18-,21-,22-,23?,24?/m0/s1. The molecule has 0 aromatic rings. The molecule has 2 nitrogen and oxygen atoms in total.